The van der Waals surface area contributed by atoms with Crippen molar-refractivity contribution in [3.63, 3.8) is 0 Å². The van der Waals surface area contributed by atoms with Gasteiger partial charge in [0.2, 0.25) is 0 Å². The molecule has 174 valence electrons. The molecule has 0 aliphatic rings. The molecule has 0 atom stereocenters. The number of aliphatic imine (C=N–C) groups is 2. The first-order valence-electron chi connectivity index (χ1n) is 10.8. The van der Waals surface area contributed by atoms with E-state index in [4.69, 9.17) is 29.0 Å². The molecule has 0 fully saturated rings. The molecule has 0 unspecified atom stereocenters. The molecule has 31 heavy (non-hydrogen) atoms. The van der Waals surface area contributed by atoms with Crippen molar-refractivity contribution in [3.8, 4) is 0 Å². The van der Waals surface area contributed by atoms with Crippen molar-refractivity contribution in [2.75, 3.05) is 0 Å². The van der Waals surface area contributed by atoms with Crippen LogP contribution in [0.5, 0.6) is 0 Å². The second kappa shape index (κ2) is 14.2. The first kappa shape index (κ1) is 28.1. The van der Waals surface area contributed by atoms with Gasteiger partial charge in [-0.15, -0.1) is 0 Å². The molecule has 0 heterocycles. The van der Waals surface area contributed by atoms with Crippen LogP contribution < -0.4 is 0 Å². The summed E-state index contributed by atoms with van der Waals surface area (Å²) in [5, 5.41) is 0. The molecular formula is C26H36Cl2N2Pd. The first-order chi connectivity index (χ1) is 14.6. The van der Waals surface area contributed by atoms with E-state index in [9.17, 15) is 0 Å². The van der Waals surface area contributed by atoms with Gasteiger partial charge in [0.05, 0.1) is 11.4 Å². The zero-order chi connectivity index (χ0) is 23.6. The Morgan fingerprint density at radius 3 is 1.00 bits per heavy atom. The number of rotatable bonds is 7. The zero-order valence-corrected chi connectivity index (χ0v) is 23.0. The normalized spacial score (nSPS) is 12.1. The van der Waals surface area contributed by atoms with Crippen molar-refractivity contribution in [1.82, 2.24) is 0 Å². The van der Waals surface area contributed by atoms with Crippen LogP contribution in [0.4, 0.5) is 11.4 Å². The molecule has 0 spiro atoms. The number of nitrogens with zero attached hydrogens (tertiary/aromatic N) is 2. The van der Waals surface area contributed by atoms with Crippen LogP contribution in [0.25, 0.3) is 0 Å². The molecule has 0 aromatic heterocycles. The van der Waals surface area contributed by atoms with Crippen molar-refractivity contribution < 1.29 is 15.9 Å². The third kappa shape index (κ3) is 8.47. The van der Waals surface area contributed by atoms with E-state index in [1.165, 1.54) is 22.3 Å². The van der Waals surface area contributed by atoms with Gasteiger partial charge in [-0.2, -0.15) is 0 Å². The third-order valence-electron chi connectivity index (χ3n) is 5.16. The van der Waals surface area contributed by atoms with Crippen LogP contribution in [0.15, 0.2) is 46.4 Å². The second-order valence-electron chi connectivity index (χ2n) is 8.79. The molecule has 2 nitrogen and oxygen atoms in total. The Morgan fingerprint density at radius 1 is 0.581 bits per heavy atom. The summed E-state index contributed by atoms with van der Waals surface area (Å²) in [6.07, 6.45) is 3.71. The molecule has 0 aliphatic heterocycles. The van der Waals surface area contributed by atoms with Gasteiger partial charge in [0.15, 0.2) is 0 Å². The molecule has 0 N–H and O–H groups in total. The molecular weight excluding hydrogens is 518 g/mol. The predicted molar refractivity (Wildman–Crippen MR) is 137 cm³/mol. The van der Waals surface area contributed by atoms with Gasteiger partial charge in [-0.25, -0.2) is 0 Å². The maximum atomic E-state index is 4.84. The van der Waals surface area contributed by atoms with Crippen LogP contribution >= 0.6 is 19.1 Å². The summed E-state index contributed by atoms with van der Waals surface area (Å²) in [5.74, 6) is 1.77. The Bertz CT molecular complexity index is 748. The molecule has 2 aromatic carbocycles. The average Bonchev–Trinajstić information content (AvgIpc) is 2.71. The van der Waals surface area contributed by atoms with Gasteiger partial charge in [-0.3, -0.25) is 9.98 Å². The summed E-state index contributed by atoms with van der Waals surface area (Å²) in [6, 6.07) is 13.0. The Hall–Kier alpha value is -0.978. The summed E-state index contributed by atoms with van der Waals surface area (Å²) in [4.78, 5) is 9.68. The summed E-state index contributed by atoms with van der Waals surface area (Å²) < 4.78 is 0. The number of para-hydroxylation sites is 2. The topological polar surface area (TPSA) is 24.7 Å². The number of halogens is 2. The number of hydrogen-bond donors (Lipinski definition) is 0. The van der Waals surface area contributed by atoms with Gasteiger partial charge in [0, 0.05) is 12.4 Å². The van der Waals surface area contributed by atoms with Gasteiger partial charge in [-0.05, 0) is 45.9 Å². The molecule has 0 aliphatic carbocycles. The fourth-order valence-corrected chi connectivity index (χ4v) is 3.54. The Kier molecular flexibility index (Phi) is 12.9. The van der Waals surface area contributed by atoms with E-state index in [2.05, 4.69) is 91.8 Å². The van der Waals surface area contributed by atoms with E-state index in [-0.39, 0.29) is 15.9 Å². The van der Waals surface area contributed by atoms with Crippen LogP contribution in [-0.2, 0) is 15.9 Å². The Labute approximate surface area is 205 Å². The first-order valence-corrected chi connectivity index (χ1v) is 14.8. The number of hydrogen-bond acceptors (Lipinski definition) is 2. The SMILES string of the molecule is CC(C)c1cccc(C(C)C)c1N=CC=Nc1c(C(C)C)cccc1C(C)C.[Cl][Pd][Cl]. The van der Waals surface area contributed by atoms with Crippen LogP contribution in [0.1, 0.15) is 101 Å². The molecule has 0 amide bonds. The summed E-state index contributed by atoms with van der Waals surface area (Å²) in [7, 11) is 9.63. The zero-order valence-electron chi connectivity index (χ0n) is 19.9. The monoisotopic (exact) mass is 552 g/mol. The second-order valence-corrected chi connectivity index (χ2v) is 11.2. The Morgan fingerprint density at radius 2 is 0.806 bits per heavy atom. The third-order valence-corrected chi connectivity index (χ3v) is 5.16. The van der Waals surface area contributed by atoms with Gasteiger partial charge >= 0.3 is 35.0 Å². The van der Waals surface area contributed by atoms with Crippen LogP contribution in [-0.4, -0.2) is 12.4 Å². The number of benzene rings is 2. The van der Waals surface area contributed by atoms with Crippen LogP contribution in [0, 0.1) is 0 Å². The standard InChI is InChI=1S/C26H36N2.2ClH.Pd/c1-17(2)21-11-9-12-22(18(3)4)25(21)27-15-16-28-26-23(19(5)6)13-10-14-24(26)20(7)8;;;/h9-20H,1-8H3;2*1H;/q;;;+2/p-2. The van der Waals surface area contributed by atoms with Crippen molar-refractivity contribution in [1.29, 1.82) is 0 Å². The van der Waals surface area contributed by atoms with Crippen molar-refractivity contribution in [3.05, 3.63) is 58.7 Å². The van der Waals surface area contributed by atoms with Gasteiger partial charge in [0.25, 0.3) is 0 Å². The molecule has 0 radical (unpaired) electrons. The minimum atomic E-state index is -0.106. The van der Waals surface area contributed by atoms with Crippen LogP contribution in [0.3, 0.4) is 0 Å². The molecule has 0 saturated heterocycles. The van der Waals surface area contributed by atoms with Gasteiger partial charge in [0.1, 0.15) is 0 Å². The minimum absolute atomic E-state index is 0.106. The van der Waals surface area contributed by atoms with Gasteiger partial charge in [-0.1, -0.05) is 91.8 Å². The summed E-state index contributed by atoms with van der Waals surface area (Å²) in [6.45, 7) is 17.8. The Balaban J connectivity index is 0.00000151. The maximum absolute atomic E-state index is 4.84. The molecule has 0 saturated carbocycles. The van der Waals surface area contributed by atoms with Crippen molar-refractivity contribution >= 4 is 42.9 Å². The predicted octanol–water partition coefficient (Wildman–Crippen LogP) is 9.66. The van der Waals surface area contributed by atoms with E-state index >= 15 is 0 Å². The van der Waals surface area contributed by atoms with E-state index in [0.29, 0.717) is 23.7 Å². The fraction of sp³-hybridized carbons (Fsp3) is 0.462. The molecule has 2 aromatic rings. The summed E-state index contributed by atoms with van der Waals surface area (Å²) >= 11 is -0.106. The molecule has 0 bridgehead atoms. The quantitative estimate of drug-likeness (QED) is 0.241. The van der Waals surface area contributed by atoms with E-state index in [1.807, 2.05) is 12.4 Å². The fourth-order valence-electron chi connectivity index (χ4n) is 3.54. The van der Waals surface area contributed by atoms with E-state index in [0.717, 1.165) is 11.4 Å². The van der Waals surface area contributed by atoms with Crippen molar-refractivity contribution in [2.24, 2.45) is 9.98 Å². The molecule has 5 heteroatoms. The van der Waals surface area contributed by atoms with Crippen molar-refractivity contribution in [2.45, 2.75) is 79.1 Å². The summed E-state index contributed by atoms with van der Waals surface area (Å²) in [5.41, 5.74) is 7.37. The average molecular weight is 554 g/mol. The molecule has 2 rings (SSSR count). The van der Waals surface area contributed by atoms with Crippen LogP contribution in [0.2, 0.25) is 0 Å². The van der Waals surface area contributed by atoms with E-state index in [1.54, 1.807) is 0 Å². The van der Waals surface area contributed by atoms with E-state index < -0.39 is 0 Å². The van der Waals surface area contributed by atoms with Gasteiger partial charge < -0.3 is 0 Å².